The molecule has 0 saturated heterocycles. The maximum Gasteiger partial charge on any atom is 0.287 e. The molecule has 2 aromatic carbocycles. The van der Waals surface area contributed by atoms with Gasteiger partial charge in [0.05, 0.1) is 11.4 Å². The highest BCUT2D eigenvalue weighted by molar-refractivity contribution is 7.99. The zero-order valence-corrected chi connectivity index (χ0v) is 15.7. The molecule has 0 aliphatic heterocycles. The van der Waals surface area contributed by atoms with E-state index in [4.69, 9.17) is 0 Å². The van der Waals surface area contributed by atoms with E-state index in [1.807, 2.05) is 61.5 Å². The molecule has 0 saturated carbocycles. The van der Waals surface area contributed by atoms with Gasteiger partial charge in [-0.25, -0.2) is 0 Å². The third kappa shape index (κ3) is 5.46. The van der Waals surface area contributed by atoms with Crippen LogP contribution in [0.1, 0.15) is 21.6 Å². The largest absolute Gasteiger partial charge is 0.287 e. The van der Waals surface area contributed by atoms with Crippen LogP contribution in [0.15, 0.2) is 60.7 Å². The summed E-state index contributed by atoms with van der Waals surface area (Å²) in [6.45, 7) is 2.04. The zero-order valence-electron chi connectivity index (χ0n) is 14.9. The van der Waals surface area contributed by atoms with Crippen molar-refractivity contribution >= 4 is 23.6 Å². The number of benzene rings is 2. The van der Waals surface area contributed by atoms with Gasteiger partial charge < -0.3 is 0 Å². The number of hydrazine groups is 1. The SMILES string of the molecule is Cc1ccc(CSCC(=O)NNC(=O)c2cc(-c3ccccc3)n[nH]2)cc1. The number of nitrogens with one attached hydrogen (secondary N) is 3. The Labute approximate surface area is 161 Å². The number of aromatic amines is 1. The van der Waals surface area contributed by atoms with Crippen LogP contribution in [0.25, 0.3) is 11.3 Å². The number of nitrogens with zero attached hydrogens (tertiary/aromatic N) is 1. The van der Waals surface area contributed by atoms with E-state index in [9.17, 15) is 9.59 Å². The van der Waals surface area contributed by atoms with Crippen molar-refractivity contribution in [1.82, 2.24) is 21.0 Å². The summed E-state index contributed by atoms with van der Waals surface area (Å²) in [7, 11) is 0. The van der Waals surface area contributed by atoms with Gasteiger partial charge in [0, 0.05) is 11.3 Å². The summed E-state index contributed by atoms with van der Waals surface area (Å²) < 4.78 is 0. The van der Waals surface area contributed by atoms with Crippen LogP contribution in [0.2, 0.25) is 0 Å². The van der Waals surface area contributed by atoms with Crippen LogP contribution in [-0.2, 0) is 10.5 Å². The molecule has 2 amide bonds. The summed E-state index contributed by atoms with van der Waals surface area (Å²) in [5.41, 5.74) is 9.04. The third-order valence-electron chi connectivity index (χ3n) is 3.83. The van der Waals surface area contributed by atoms with Crippen LogP contribution in [0.3, 0.4) is 0 Å². The second kappa shape index (κ2) is 9.05. The van der Waals surface area contributed by atoms with Crippen LogP contribution < -0.4 is 10.9 Å². The molecule has 0 fully saturated rings. The smallest absolute Gasteiger partial charge is 0.272 e. The maximum atomic E-state index is 12.1. The van der Waals surface area contributed by atoms with E-state index in [0.29, 0.717) is 5.69 Å². The maximum absolute atomic E-state index is 12.1. The van der Waals surface area contributed by atoms with Crippen LogP contribution in [0.5, 0.6) is 0 Å². The highest BCUT2D eigenvalue weighted by Gasteiger charge is 2.12. The van der Waals surface area contributed by atoms with Crippen molar-refractivity contribution in [3.63, 3.8) is 0 Å². The first-order valence-corrected chi connectivity index (χ1v) is 9.60. The van der Waals surface area contributed by atoms with Crippen LogP contribution in [0.4, 0.5) is 0 Å². The minimum absolute atomic E-state index is 0.256. The average Bonchev–Trinajstić information content (AvgIpc) is 3.19. The molecule has 0 radical (unpaired) electrons. The molecule has 3 N–H and O–H groups in total. The molecule has 0 aliphatic rings. The fourth-order valence-electron chi connectivity index (χ4n) is 2.37. The van der Waals surface area contributed by atoms with Gasteiger partial charge in [0.15, 0.2) is 0 Å². The molecule has 3 rings (SSSR count). The van der Waals surface area contributed by atoms with Gasteiger partial charge >= 0.3 is 0 Å². The van der Waals surface area contributed by atoms with Gasteiger partial charge in [0.1, 0.15) is 5.69 Å². The number of hydrogen-bond donors (Lipinski definition) is 3. The Morgan fingerprint density at radius 2 is 1.78 bits per heavy atom. The molecule has 7 heteroatoms. The number of carbonyl (C=O) groups is 2. The van der Waals surface area contributed by atoms with Gasteiger partial charge in [-0.05, 0) is 18.6 Å². The number of aryl methyl sites for hydroxylation is 1. The van der Waals surface area contributed by atoms with E-state index < -0.39 is 5.91 Å². The minimum Gasteiger partial charge on any atom is -0.272 e. The predicted molar refractivity (Wildman–Crippen MR) is 107 cm³/mol. The Morgan fingerprint density at radius 3 is 2.52 bits per heavy atom. The second-order valence-corrected chi connectivity index (χ2v) is 7.00. The molecule has 0 spiro atoms. The Balaban J connectivity index is 1.43. The number of aromatic nitrogens is 2. The van der Waals surface area contributed by atoms with Crippen molar-refractivity contribution in [3.05, 3.63) is 77.5 Å². The quantitative estimate of drug-likeness (QED) is 0.574. The van der Waals surface area contributed by atoms with Crippen LogP contribution in [0, 0.1) is 6.92 Å². The van der Waals surface area contributed by atoms with Crippen molar-refractivity contribution in [2.45, 2.75) is 12.7 Å². The van der Waals surface area contributed by atoms with Crippen molar-refractivity contribution in [3.8, 4) is 11.3 Å². The third-order valence-corrected chi connectivity index (χ3v) is 4.83. The highest BCUT2D eigenvalue weighted by Crippen LogP contribution is 2.16. The van der Waals surface area contributed by atoms with Gasteiger partial charge in [-0.15, -0.1) is 11.8 Å². The number of H-pyrrole nitrogens is 1. The van der Waals surface area contributed by atoms with Crippen molar-refractivity contribution < 1.29 is 9.59 Å². The Morgan fingerprint density at radius 1 is 1.04 bits per heavy atom. The van der Waals surface area contributed by atoms with Crippen LogP contribution in [-0.4, -0.2) is 27.8 Å². The van der Waals surface area contributed by atoms with E-state index in [1.165, 1.54) is 17.3 Å². The molecule has 1 aromatic heterocycles. The summed E-state index contributed by atoms with van der Waals surface area (Å²) in [6.07, 6.45) is 0. The van der Waals surface area contributed by atoms with Crippen molar-refractivity contribution in [1.29, 1.82) is 0 Å². The first-order valence-electron chi connectivity index (χ1n) is 8.45. The highest BCUT2D eigenvalue weighted by atomic mass is 32.2. The number of carbonyl (C=O) groups excluding carboxylic acids is 2. The van der Waals surface area contributed by atoms with Gasteiger partial charge in [0.2, 0.25) is 5.91 Å². The lowest BCUT2D eigenvalue weighted by Gasteiger charge is -2.06. The molecule has 0 atom stereocenters. The first-order chi connectivity index (χ1) is 13.1. The van der Waals surface area contributed by atoms with Gasteiger partial charge in [0.25, 0.3) is 5.91 Å². The fourth-order valence-corrected chi connectivity index (χ4v) is 3.16. The molecule has 1 heterocycles. The van der Waals surface area contributed by atoms with Gasteiger partial charge in [-0.3, -0.25) is 25.5 Å². The molecule has 138 valence electrons. The predicted octanol–water partition coefficient (Wildman–Crippen LogP) is 3.08. The second-order valence-electron chi connectivity index (χ2n) is 6.01. The molecule has 3 aromatic rings. The van der Waals surface area contributed by atoms with Crippen molar-refractivity contribution in [2.75, 3.05) is 5.75 Å². The Hall–Kier alpha value is -3.06. The fraction of sp³-hybridized carbons (Fsp3) is 0.150. The lowest BCUT2D eigenvalue weighted by Crippen LogP contribution is -2.42. The average molecular weight is 380 g/mol. The van der Waals surface area contributed by atoms with E-state index in [0.717, 1.165) is 16.9 Å². The number of hydrogen-bond acceptors (Lipinski definition) is 4. The molecule has 6 nitrogen and oxygen atoms in total. The molecule has 0 bridgehead atoms. The zero-order chi connectivity index (χ0) is 19.1. The number of amides is 2. The minimum atomic E-state index is -0.443. The molecular weight excluding hydrogens is 360 g/mol. The van der Waals surface area contributed by atoms with Crippen molar-refractivity contribution in [2.24, 2.45) is 0 Å². The van der Waals surface area contributed by atoms with E-state index in [2.05, 4.69) is 21.0 Å². The van der Waals surface area contributed by atoms with E-state index in [-0.39, 0.29) is 17.4 Å². The lowest BCUT2D eigenvalue weighted by molar-refractivity contribution is -0.119. The Kier molecular flexibility index (Phi) is 6.27. The monoisotopic (exact) mass is 380 g/mol. The molecule has 0 unspecified atom stereocenters. The van der Waals surface area contributed by atoms with E-state index in [1.54, 1.807) is 6.07 Å². The van der Waals surface area contributed by atoms with Crippen LogP contribution >= 0.6 is 11.8 Å². The topological polar surface area (TPSA) is 86.9 Å². The molecular formula is C20H20N4O2S. The summed E-state index contributed by atoms with van der Waals surface area (Å²) in [6, 6.07) is 19.4. The van der Waals surface area contributed by atoms with E-state index >= 15 is 0 Å². The van der Waals surface area contributed by atoms with Gasteiger partial charge in [-0.2, -0.15) is 5.10 Å². The standard InChI is InChI=1S/C20H20N4O2S/c1-14-7-9-15(10-8-14)12-27-13-19(25)23-24-20(26)18-11-17(21-22-18)16-5-3-2-4-6-16/h2-11H,12-13H2,1H3,(H,21,22)(H,23,25)(H,24,26). The Bertz CT molecular complexity index is 907. The first kappa shape index (κ1) is 18.7. The number of rotatable bonds is 6. The molecule has 0 aliphatic carbocycles. The summed E-state index contributed by atoms with van der Waals surface area (Å²) in [5, 5.41) is 6.80. The molecule has 27 heavy (non-hydrogen) atoms. The summed E-state index contributed by atoms with van der Waals surface area (Å²) >= 11 is 1.49. The lowest BCUT2D eigenvalue weighted by atomic mass is 10.1. The summed E-state index contributed by atoms with van der Waals surface area (Å²) in [5.74, 6) is 0.291. The summed E-state index contributed by atoms with van der Waals surface area (Å²) in [4.78, 5) is 24.0. The van der Waals surface area contributed by atoms with Gasteiger partial charge in [-0.1, -0.05) is 60.2 Å². The normalized spacial score (nSPS) is 10.4. The number of thioether (sulfide) groups is 1.